The minimum absolute atomic E-state index is 0.00477. The van der Waals surface area contributed by atoms with Crippen LogP contribution in [-0.4, -0.2) is 195 Å². The maximum Gasteiger partial charge on any atom is 0.227 e. The molecule has 20 aromatic rings. The second-order valence-electron chi connectivity index (χ2n) is 34.6. The molecule has 2 saturated heterocycles. The van der Waals surface area contributed by atoms with Crippen LogP contribution in [0.25, 0.3) is 178 Å². The standard InChI is InChI=1S/C30H32N8O.C28H30N8O.C24H22N6O.C20H15N5/c1-37-11-13-38(14-12-37)26-8-4-7-25-28(26)34-29(33-25)27-23-16-20(9-10-24(23)35-36-27)21-15-22(18-31-17-21)32-30(39)19-5-2-3-6-19;1-3-5-25(37)30-20-14-19(16-29-17-20)18-8-9-22-21(15-18)26(34-33-22)28-31-23-6-4-7-24(27(23)32-28)36-12-10-35(2)11-13-36;1-14(2)9-22(31)26-17-10-16(12-25-13-17)15-7-8-19-18(11-15)23(30-29-19)24-27-20-5-3-4-6-21(20)28-24;1-12-8-9-21-11-15(12)13-6-7-16-14(10-13)19(25-24-16)20-22-17-4-2-3-5-18(17)23-20/h4,7-10,15-19H,2-3,5-6,11-14H2,1H3,(H,32,39)(H,33,34)(H,35,36);4,6-9,14-17H,3,5,10-13H2,1-2H3,(H,30,37)(H,31,32)(H,33,34);3-8,10-14H,9H2,1-2H3,(H,26,31)(H,27,28)(H,29,30);2-11H,1H3,(H,22,23)(H,24,25). The van der Waals surface area contributed by atoms with Crippen LogP contribution in [0.15, 0.2) is 232 Å². The molecule has 30 heteroatoms. The molecule has 132 heavy (non-hydrogen) atoms. The number of anilines is 5. The molecule has 23 rings (SSSR count). The van der Waals surface area contributed by atoms with E-state index >= 15 is 0 Å². The van der Waals surface area contributed by atoms with Crippen molar-refractivity contribution in [1.82, 2.24) is 110 Å². The van der Waals surface area contributed by atoms with Crippen molar-refractivity contribution in [2.75, 3.05) is 92.2 Å². The molecule has 0 bridgehead atoms. The molecular weight excluding hydrogens is 1650 g/mol. The minimum Gasteiger partial charge on any atom is -0.367 e. The van der Waals surface area contributed by atoms with Crippen molar-refractivity contribution in [1.29, 1.82) is 0 Å². The average Bonchev–Trinajstić information content (AvgIpc) is 1.62. The zero-order chi connectivity index (χ0) is 89.9. The molecular formula is C102H99N27O3. The van der Waals surface area contributed by atoms with Crippen LogP contribution in [0.4, 0.5) is 28.4 Å². The number of carbonyl (C=O) groups is 3. The number of carbonyl (C=O) groups excluding carboxylic acids is 3. The molecule has 0 unspecified atom stereocenters. The molecule has 0 spiro atoms. The van der Waals surface area contributed by atoms with E-state index in [1.807, 2.05) is 149 Å². The summed E-state index contributed by atoms with van der Waals surface area (Å²) in [5.41, 5.74) is 28.3. The van der Waals surface area contributed by atoms with Gasteiger partial charge in [-0.2, -0.15) is 20.4 Å². The smallest absolute Gasteiger partial charge is 0.227 e. The van der Waals surface area contributed by atoms with E-state index in [-0.39, 0.29) is 23.6 Å². The number of piperazine rings is 2. The maximum atomic E-state index is 12.7. The molecule has 0 radical (unpaired) electrons. The van der Waals surface area contributed by atoms with Gasteiger partial charge in [-0.15, -0.1) is 0 Å². The number of imidazole rings is 4. The summed E-state index contributed by atoms with van der Waals surface area (Å²) >= 11 is 0. The third-order valence-electron chi connectivity index (χ3n) is 24.8. The summed E-state index contributed by atoms with van der Waals surface area (Å²) < 4.78 is 0. The lowest BCUT2D eigenvalue weighted by Gasteiger charge is -2.34. The summed E-state index contributed by atoms with van der Waals surface area (Å²) in [6, 6.07) is 61.1. The van der Waals surface area contributed by atoms with Gasteiger partial charge in [0.25, 0.3) is 0 Å². The Bertz CT molecular complexity index is 7560. The highest BCUT2D eigenvalue weighted by Crippen LogP contribution is 2.40. The fourth-order valence-corrected chi connectivity index (χ4v) is 17.7. The van der Waals surface area contributed by atoms with Crippen molar-refractivity contribution >= 4 is 134 Å². The van der Waals surface area contributed by atoms with Crippen molar-refractivity contribution in [2.45, 2.75) is 72.6 Å². The van der Waals surface area contributed by atoms with E-state index in [1.54, 1.807) is 31.0 Å². The number of amides is 3. The fraction of sp³-hybridized carbons (Fsp3) is 0.225. The number of benzene rings is 8. The van der Waals surface area contributed by atoms with Gasteiger partial charge in [0.1, 0.15) is 33.8 Å². The molecule has 30 nitrogen and oxygen atoms in total. The topological polar surface area (TPSA) is 381 Å². The van der Waals surface area contributed by atoms with Crippen molar-refractivity contribution in [3.8, 4) is 90.6 Å². The zero-order valence-electron chi connectivity index (χ0n) is 74.1. The van der Waals surface area contributed by atoms with Gasteiger partial charge in [-0.3, -0.25) is 54.7 Å². The molecule has 11 N–H and O–H groups in total. The number of aromatic nitrogens is 20. The molecule has 3 aliphatic rings. The third kappa shape index (κ3) is 17.9. The van der Waals surface area contributed by atoms with E-state index in [0.717, 1.165) is 280 Å². The fourth-order valence-electron chi connectivity index (χ4n) is 17.7. The van der Waals surface area contributed by atoms with E-state index in [4.69, 9.17) is 9.97 Å². The number of hydrogen-bond acceptors (Lipinski definition) is 19. The highest BCUT2D eigenvalue weighted by Gasteiger charge is 2.27. The van der Waals surface area contributed by atoms with Crippen LogP contribution in [-0.2, 0) is 14.4 Å². The number of fused-ring (bicyclic) bond motifs is 8. The van der Waals surface area contributed by atoms with E-state index in [9.17, 15) is 14.4 Å². The van der Waals surface area contributed by atoms with Crippen LogP contribution in [0, 0.1) is 18.8 Å². The van der Waals surface area contributed by atoms with Crippen LogP contribution in [0.5, 0.6) is 0 Å². The highest BCUT2D eigenvalue weighted by atomic mass is 16.2. The minimum atomic E-state index is -0.00796. The van der Waals surface area contributed by atoms with Gasteiger partial charge in [0.2, 0.25) is 17.7 Å². The van der Waals surface area contributed by atoms with Crippen LogP contribution >= 0.6 is 0 Å². The predicted octanol–water partition coefficient (Wildman–Crippen LogP) is 19.3. The molecule has 1 aliphatic carbocycles. The van der Waals surface area contributed by atoms with Gasteiger partial charge < -0.3 is 55.5 Å². The van der Waals surface area contributed by atoms with Gasteiger partial charge in [0, 0.05) is 146 Å². The summed E-state index contributed by atoms with van der Waals surface area (Å²) in [6.07, 6.45) is 20.2. The number of H-pyrrole nitrogens is 8. The number of aryl methyl sites for hydroxylation is 1. The Labute approximate surface area is 758 Å². The summed E-state index contributed by atoms with van der Waals surface area (Å²) in [5, 5.41) is 43.6. The number of likely N-dealkylation sites (N-methyl/N-ethyl adjacent to an activating group) is 2. The van der Waals surface area contributed by atoms with Crippen LogP contribution in [0.1, 0.15) is 71.3 Å². The predicted molar refractivity (Wildman–Crippen MR) is 524 cm³/mol. The normalized spacial score (nSPS) is 13.9. The molecule has 0 atom stereocenters. The second-order valence-corrected chi connectivity index (χ2v) is 34.6. The van der Waals surface area contributed by atoms with Crippen LogP contribution < -0.4 is 25.8 Å². The van der Waals surface area contributed by atoms with E-state index in [2.05, 4.69) is 220 Å². The Morgan fingerprint density at radius 2 is 0.788 bits per heavy atom. The number of para-hydroxylation sites is 6. The molecule has 14 heterocycles. The summed E-state index contributed by atoms with van der Waals surface area (Å²) in [7, 11) is 4.33. The number of aromatic amines is 8. The van der Waals surface area contributed by atoms with Crippen molar-refractivity contribution in [3.05, 3.63) is 237 Å². The Hall–Kier alpha value is -16.0. The number of nitrogens with one attached hydrogen (secondary N) is 11. The van der Waals surface area contributed by atoms with Gasteiger partial charge in [-0.1, -0.05) is 94.3 Å². The molecule has 12 aromatic heterocycles. The lowest BCUT2D eigenvalue weighted by molar-refractivity contribution is -0.120. The average molecular weight is 1750 g/mol. The first kappa shape index (κ1) is 84.2. The van der Waals surface area contributed by atoms with Crippen molar-refractivity contribution in [3.63, 3.8) is 0 Å². The van der Waals surface area contributed by atoms with Crippen molar-refractivity contribution in [2.24, 2.45) is 11.8 Å². The Balaban J connectivity index is 0.000000111. The second kappa shape index (κ2) is 37.0. The summed E-state index contributed by atoms with van der Waals surface area (Å²) in [6.45, 7) is 16.2. The largest absolute Gasteiger partial charge is 0.367 e. The lowest BCUT2D eigenvalue weighted by Crippen LogP contribution is -2.44. The quantitative estimate of drug-likeness (QED) is 0.0380. The Morgan fingerprint density at radius 3 is 1.21 bits per heavy atom. The molecule has 660 valence electrons. The number of pyridine rings is 4. The molecule has 1 saturated carbocycles. The monoisotopic (exact) mass is 1750 g/mol. The van der Waals surface area contributed by atoms with Crippen molar-refractivity contribution < 1.29 is 14.4 Å². The lowest BCUT2D eigenvalue weighted by atomic mass is 10.0. The SMILES string of the molecule is CC(C)CC(=O)Nc1cncc(-c2ccc3[nH]nc(-c4nc5ccccc5[nH]4)c3c2)c1.CCCC(=O)Nc1cncc(-c2ccc3[nH]nc(-c4nc5c(N6CCN(C)CC6)cccc5[nH]4)c3c2)c1.CN1CCN(c2cccc3[nH]c(-c4n[nH]c5ccc(-c6cncc(NC(=O)C7CCCC7)c6)cc45)nc23)CC1.Cc1ccncc1-c1ccc2[nH]nc(-c3nc4ccccc4[nH]3)c2c1. The zero-order valence-corrected chi connectivity index (χ0v) is 74.1. The van der Waals surface area contributed by atoms with Gasteiger partial charge >= 0.3 is 0 Å². The van der Waals surface area contributed by atoms with E-state index in [1.165, 1.54) is 5.56 Å². The molecule has 3 fully saturated rings. The van der Waals surface area contributed by atoms with E-state index < -0.39 is 0 Å². The highest BCUT2D eigenvalue weighted by molar-refractivity contribution is 6.03. The number of hydrogen-bond donors (Lipinski definition) is 11. The van der Waals surface area contributed by atoms with E-state index in [0.29, 0.717) is 30.1 Å². The summed E-state index contributed by atoms with van der Waals surface area (Å²) in [4.78, 5) is 96.8. The van der Waals surface area contributed by atoms with Gasteiger partial charge in [-0.05, 0) is 195 Å². The third-order valence-corrected chi connectivity index (χ3v) is 24.8. The Kier molecular flexibility index (Phi) is 23.6. The van der Waals surface area contributed by atoms with Gasteiger partial charge in [0.15, 0.2) is 23.3 Å². The molecule has 8 aromatic carbocycles. The molecule has 3 amide bonds. The Morgan fingerprint density at radius 1 is 0.394 bits per heavy atom. The van der Waals surface area contributed by atoms with Crippen LogP contribution in [0.2, 0.25) is 0 Å². The van der Waals surface area contributed by atoms with Gasteiger partial charge in [0.05, 0.1) is 102 Å². The number of rotatable bonds is 18. The summed E-state index contributed by atoms with van der Waals surface area (Å²) in [5.74, 6) is 3.46. The first-order valence-electron chi connectivity index (χ1n) is 44.9. The van der Waals surface area contributed by atoms with Crippen LogP contribution in [0.3, 0.4) is 0 Å². The van der Waals surface area contributed by atoms with Gasteiger partial charge in [-0.25, -0.2) is 19.9 Å². The maximum absolute atomic E-state index is 12.7. The molecule has 2 aliphatic heterocycles. The number of nitrogens with zero attached hydrogens (tertiary/aromatic N) is 16. The first-order valence-corrected chi connectivity index (χ1v) is 44.9. The first-order chi connectivity index (χ1) is 64.6.